The van der Waals surface area contributed by atoms with E-state index in [-0.39, 0.29) is 11.5 Å². The minimum atomic E-state index is -0.0251. The predicted octanol–water partition coefficient (Wildman–Crippen LogP) is 3.13. The van der Waals surface area contributed by atoms with Crippen molar-refractivity contribution in [2.75, 3.05) is 18.1 Å². The van der Waals surface area contributed by atoms with E-state index in [0.29, 0.717) is 5.78 Å². The Balaban J connectivity index is 1.79. The number of hydrogen-bond donors (Lipinski definition) is 0. The lowest BCUT2D eigenvalue weighted by Crippen LogP contribution is -2.42. The molecular weight excluding hydrogens is 270 g/mol. The summed E-state index contributed by atoms with van der Waals surface area (Å²) in [6.45, 7) is 2.80. The molecule has 3 rings (SSSR count). The number of aryl methyl sites for hydroxylation is 1. The highest BCUT2D eigenvalue weighted by molar-refractivity contribution is 7.99. The first-order valence-electron chi connectivity index (χ1n) is 7.43. The third-order valence-electron chi connectivity index (χ3n) is 4.48. The molecule has 1 aromatic rings. The molecule has 4 heteroatoms. The number of thioether (sulfide) groups is 1. The minimum absolute atomic E-state index is 0.0251. The van der Waals surface area contributed by atoms with Crippen LogP contribution in [0.1, 0.15) is 42.1 Å². The first-order valence-corrected chi connectivity index (χ1v) is 8.58. The summed E-state index contributed by atoms with van der Waals surface area (Å²) in [7, 11) is 0. The average Bonchev–Trinajstić information content (AvgIpc) is 2.94. The van der Waals surface area contributed by atoms with Crippen LogP contribution in [0.4, 0.5) is 0 Å². The molecule has 3 nitrogen and oxygen atoms in total. The van der Waals surface area contributed by atoms with E-state index < -0.39 is 0 Å². The molecule has 0 bridgehead atoms. The maximum atomic E-state index is 12.8. The zero-order valence-electron chi connectivity index (χ0n) is 11.9. The SMILES string of the molecule is CCc1cnccc1C(=O)C1CCOC2(CCSC2)C1. The van der Waals surface area contributed by atoms with Crippen molar-refractivity contribution in [1.82, 2.24) is 4.98 Å². The van der Waals surface area contributed by atoms with E-state index in [0.717, 1.165) is 54.9 Å². The largest absolute Gasteiger partial charge is 0.374 e. The van der Waals surface area contributed by atoms with Crippen molar-refractivity contribution in [3.05, 3.63) is 29.6 Å². The van der Waals surface area contributed by atoms with E-state index in [2.05, 4.69) is 11.9 Å². The van der Waals surface area contributed by atoms with Crippen LogP contribution >= 0.6 is 11.8 Å². The molecule has 2 atom stereocenters. The lowest BCUT2D eigenvalue weighted by atomic mass is 9.80. The van der Waals surface area contributed by atoms with Gasteiger partial charge in [0.2, 0.25) is 0 Å². The number of aromatic nitrogens is 1. The Morgan fingerprint density at radius 2 is 2.50 bits per heavy atom. The molecule has 1 spiro atoms. The molecule has 108 valence electrons. The number of rotatable bonds is 3. The van der Waals surface area contributed by atoms with E-state index in [9.17, 15) is 4.79 Å². The number of ketones is 1. The molecule has 1 aromatic heterocycles. The first-order chi connectivity index (χ1) is 9.74. The van der Waals surface area contributed by atoms with Gasteiger partial charge in [-0.3, -0.25) is 9.78 Å². The minimum Gasteiger partial charge on any atom is -0.374 e. The number of Topliss-reactive ketones (excluding diaryl/α,β-unsaturated/α-hetero) is 1. The Bertz CT molecular complexity index is 497. The Kier molecular flexibility index (Phi) is 4.13. The summed E-state index contributed by atoms with van der Waals surface area (Å²) in [4.78, 5) is 17.0. The fourth-order valence-corrected chi connectivity index (χ4v) is 4.66. The van der Waals surface area contributed by atoms with Crippen molar-refractivity contribution >= 4 is 17.5 Å². The molecule has 0 N–H and O–H groups in total. The van der Waals surface area contributed by atoms with Crippen LogP contribution < -0.4 is 0 Å². The second kappa shape index (κ2) is 5.86. The highest BCUT2D eigenvalue weighted by Gasteiger charge is 2.42. The van der Waals surface area contributed by atoms with Gasteiger partial charge in [-0.2, -0.15) is 11.8 Å². The molecular formula is C16H21NO2S. The van der Waals surface area contributed by atoms with Crippen molar-refractivity contribution in [2.45, 2.75) is 38.2 Å². The summed E-state index contributed by atoms with van der Waals surface area (Å²) in [5, 5.41) is 0. The third-order valence-corrected chi connectivity index (χ3v) is 5.70. The van der Waals surface area contributed by atoms with Crippen molar-refractivity contribution in [1.29, 1.82) is 0 Å². The quantitative estimate of drug-likeness (QED) is 0.802. The molecule has 3 heterocycles. The fraction of sp³-hybridized carbons (Fsp3) is 0.625. The summed E-state index contributed by atoms with van der Waals surface area (Å²) in [5.74, 6) is 2.63. The molecule has 0 aromatic carbocycles. The van der Waals surface area contributed by atoms with E-state index in [4.69, 9.17) is 4.74 Å². The smallest absolute Gasteiger partial charge is 0.166 e. The molecule has 0 amide bonds. The zero-order chi connectivity index (χ0) is 14.0. The van der Waals surface area contributed by atoms with Crippen LogP contribution in [0, 0.1) is 5.92 Å². The summed E-state index contributed by atoms with van der Waals surface area (Å²) in [5.41, 5.74) is 1.91. The van der Waals surface area contributed by atoms with Crippen molar-refractivity contribution < 1.29 is 9.53 Å². The molecule has 2 saturated heterocycles. The Morgan fingerprint density at radius 3 is 3.25 bits per heavy atom. The third kappa shape index (κ3) is 2.63. The second-order valence-corrected chi connectivity index (χ2v) is 6.88. The van der Waals surface area contributed by atoms with Crippen LogP contribution in [0.25, 0.3) is 0 Å². The Hall–Kier alpha value is -0.870. The highest BCUT2D eigenvalue weighted by Crippen LogP contribution is 2.41. The number of carbonyl (C=O) groups is 1. The maximum Gasteiger partial charge on any atom is 0.166 e. The van der Waals surface area contributed by atoms with Gasteiger partial charge < -0.3 is 4.74 Å². The monoisotopic (exact) mass is 291 g/mol. The van der Waals surface area contributed by atoms with Gasteiger partial charge in [-0.25, -0.2) is 0 Å². The topological polar surface area (TPSA) is 39.2 Å². The van der Waals surface area contributed by atoms with E-state index in [1.54, 1.807) is 6.20 Å². The van der Waals surface area contributed by atoms with E-state index in [1.807, 2.05) is 24.0 Å². The molecule has 20 heavy (non-hydrogen) atoms. The molecule has 2 aliphatic heterocycles. The van der Waals surface area contributed by atoms with Crippen LogP contribution in [-0.2, 0) is 11.2 Å². The van der Waals surface area contributed by atoms with Gasteiger partial charge in [0.05, 0.1) is 5.60 Å². The lowest BCUT2D eigenvalue weighted by Gasteiger charge is -2.37. The van der Waals surface area contributed by atoms with Gasteiger partial charge in [0, 0.05) is 36.2 Å². The number of carbonyl (C=O) groups excluding carboxylic acids is 1. The van der Waals surface area contributed by atoms with Crippen LogP contribution in [0.3, 0.4) is 0 Å². The van der Waals surface area contributed by atoms with E-state index in [1.165, 1.54) is 0 Å². The number of hydrogen-bond acceptors (Lipinski definition) is 4. The zero-order valence-corrected chi connectivity index (χ0v) is 12.7. The lowest BCUT2D eigenvalue weighted by molar-refractivity contribution is -0.0734. The molecule has 2 unspecified atom stereocenters. The number of nitrogens with zero attached hydrogens (tertiary/aromatic N) is 1. The van der Waals surface area contributed by atoms with Crippen molar-refractivity contribution in [2.24, 2.45) is 5.92 Å². The van der Waals surface area contributed by atoms with Crippen LogP contribution in [-0.4, -0.2) is 34.5 Å². The van der Waals surface area contributed by atoms with Gasteiger partial charge in [-0.1, -0.05) is 6.92 Å². The fourth-order valence-electron chi connectivity index (χ4n) is 3.28. The van der Waals surface area contributed by atoms with Gasteiger partial charge in [0.1, 0.15) is 0 Å². The molecule has 0 radical (unpaired) electrons. The molecule has 2 aliphatic rings. The van der Waals surface area contributed by atoms with Gasteiger partial charge in [0.15, 0.2) is 5.78 Å². The van der Waals surface area contributed by atoms with Crippen molar-refractivity contribution in [3.63, 3.8) is 0 Å². The second-order valence-electron chi connectivity index (χ2n) is 5.77. The van der Waals surface area contributed by atoms with Crippen LogP contribution in [0.5, 0.6) is 0 Å². The van der Waals surface area contributed by atoms with Gasteiger partial charge in [-0.05, 0) is 43.1 Å². The predicted molar refractivity (Wildman–Crippen MR) is 81.3 cm³/mol. The van der Waals surface area contributed by atoms with Crippen LogP contribution in [0.2, 0.25) is 0 Å². The van der Waals surface area contributed by atoms with Gasteiger partial charge in [-0.15, -0.1) is 0 Å². The van der Waals surface area contributed by atoms with E-state index >= 15 is 0 Å². The summed E-state index contributed by atoms with van der Waals surface area (Å²) < 4.78 is 6.01. The standard InChI is InChI=1S/C16H21NO2S/c1-2-12-10-17-6-3-14(12)15(18)13-4-7-19-16(9-13)5-8-20-11-16/h3,6,10,13H,2,4-5,7-9,11H2,1H3. The highest BCUT2D eigenvalue weighted by atomic mass is 32.2. The summed E-state index contributed by atoms with van der Waals surface area (Å²) in [6, 6.07) is 1.88. The Labute approximate surface area is 124 Å². The maximum absolute atomic E-state index is 12.8. The number of ether oxygens (including phenoxy) is 1. The average molecular weight is 291 g/mol. The van der Waals surface area contributed by atoms with Crippen LogP contribution in [0.15, 0.2) is 18.5 Å². The first kappa shape index (κ1) is 14.1. The normalized spacial score (nSPS) is 29.8. The molecule has 0 aliphatic carbocycles. The van der Waals surface area contributed by atoms with Crippen molar-refractivity contribution in [3.8, 4) is 0 Å². The van der Waals surface area contributed by atoms with Gasteiger partial charge in [0.25, 0.3) is 0 Å². The Morgan fingerprint density at radius 1 is 1.60 bits per heavy atom. The van der Waals surface area contributed by atoms with Gasteiger partial charge >= 0.3 is 0 Å². The molecule has 0 saturated carbocycles. The molecule has 2 fully saturated rings. The number of pyridine rings is 1. The summed E-state index contributed by atoms with van der Waals surface area (Å²) in [6.07, 6.45) is 7.26. The summed E-state index contributed by atoms with van der Waals surface area (Å²) >= 11 is 1.95.